The molecule has 0 unspecified atom stereocenters. The van der Waals surface area contributed by atoms with E-state index in [4.69, 9.17) is 0 Å². The molecule has 0 saturated carbocycles. The Bertz CT molecular complexity index is 233. The van der Waals surface area contributed by atoms with Gasteiger partial charge in [0, 0.05) is 13.1 Å². The number of nitrogens with zero attached hydrogens (tertiary/aromatic N) is 1. The summed E-state index contributed by atoms with van der Waals surface area (Å²) in [6.07, 6.45) is 1.42. The van der Waals surface area contributed by atoms with Crippen LogP contribution < -0.4 is 5.32 Å². The zero-order valence-corrected chi connectivity index (χ0v) is 10.6. The van der Waals surface area contributed by atoms with Crippen molar-refractivity contribution < 1.29 is 9.90 Å². The van der Waals surface area contributed by atoms with E-state index in [1.807, 2.05) is 0 Å². The number of carboxylic acids is 1. The number of carboxylic acid groups (broad SMARTS) is 1. The van der Waals surface area contributed by atoms with Crippen molar-refractivity contribution in [1.82, 2.24) is 10.2 Å². The van der Waals surface area contributed by atoms with Crippen LogP contribution in [-0.4, -0.2) is 47.7 Å². The van der Waals surface area contributed by atoms with Gasteiger partial charge in [-0.2, -0.15) is 0 Å². The monoisotopic (exact) mass is 228 g/mol. The van der Waals surface area contributed by atoms with Crippen molar-refractivity contribution in [3.63, 3.8) is 0 Å². The van der Waals surface area contributed by atoms with Crippen LogP contribution in [0.1, 0.15) is 33.6 Å². The van der Waals surface area contributed by atoms with Gasteiger partial charge in [0.2, 0.25) is 0 Å². The first kappa shape index (κ1) is 13.5. The number of piperidine rings is 1. The van der Waals surface area contributed by atoms with E-state index >= 15 is 0 Å². The third kappa shape index (κ3) is 3.19. The summed E-state index contributed by atoms with van der Waals surface area (Å²) in [5.41, 5.74) is -0.685. The molecule has 0 amide bonds. The molecule has 2 N–H and O–H groups in total. The first-order valence-corrected chi connectivity index (χ1v) is 6.21. The van der Waals surface area contributed by atoms with Crippen LogP contribution in [0.3, 0.4) is 0 Å². The molecule has 0 radical (unpaired) electrons. The van der Waals surface area contributed by atoms with Crippen molar-refractivity contribution in [2.75, 3.05) is 26.2 Å². The Morgan fingerprint density at radius 1 is 1.44 bits per heavy atom. The van der Waals surface area contributed by atoms with Gasteiger partial charge in [0.1, 0.15) is 5.54 Å². The van der Waals surface area contributed by atoms with Gasteiger partial charge in [-0.1, -0.05) is 20.8 Å². The summed E-state index contributed by atoms with van der Waals surface area (Å²) in [4.78, 5) is 13.7. The maximum atomic E-state index is 11.4. The fourth-order valence-electron chi connectivity index (χ4n) is 2.12. The zero-order chi connectivity index (χ0) is 12.2. The SMILES string of the molecule is CCN1CCC(NCC(C)C)(C(=O)O)CC1. The van der Waals surface area contributed by atoms with E-state index in [1.54, 1.807) is 0 Å². The van der Waals surface area contributed by atoms with Gasteiger partial charge in [0.05, 0.1) is 0 Å². The van der Waals surface area contributed by atoms with Crippen LogP contribution >= 0.6 is 0 Å². The van der Waals surface area contributed by atoms with E-state index in [2.05, 4.69) is 31.0 Å². The first-order valence-electron chi connectivity index (χ1n) is 6.21. The van der Waals surface area contributed by atoms with Crippen molar-refractivity contribution >= 4 is 5.97 Å². The lowest BCUT2D eigenvalue weighted by Crippen LogP contribution is -2.59. The lowest BCUT2D eigenvalue weighted by Gasteiger charge is -2.39. The van der Waals surface area contributed by atoms with Crippen LogP contribution in [0.5, 0.6) is 0 Å². The summed E-state index contributed by atoms with van der Waals surface area (Å²) >= 11 is 0. The molecular formula is C12H24N2O2. The van der Waals surface area contributed by atoms with Crippen LogP contribution in [0.4, 0.5) is 0 Å². The van der Waals surface area contributed by atoms with Crippen LogP contribution in [0.25, 0.3) is 0 Å². The van der Waals surface area contributed by atoms with E-state index in [-0.39, 0.29) is 0 Å². The Balaban J connectivity index is 2.58. The number of aliphatic carboxylic acids is 1. The second-order valence-electron chi connectivity index (χ2n) is 5.10. The van der Waals surface area contributed by atoms with Crippen LogP contribution in [0.15, 0.2) is 0 Å². The largest absolute Gasteiger partial charge is 0.480 e. The lowest BCUT2D eigenvalue weighted by atomic mass is 9.87. The highest BCUT2D eigenvalue weighted by atomic mass is 16.4. The molecule has 1 aliphatic heterocycles. The number of nitrogens with one attached hydrogen (secondary N) is 1. The van der Waals surface area contributed by atoms with Gasteiger partial charge >= 0.3 is 5.97 Å². The van der Waals surface area contributed by atoms with Gasteiger partial charge in [-0.05, 0) is 31.8 Å². The predicted octanol–water partition coefficient (Wildman–Crippen LogP) is 1.17. The smallest absolute Gasteiger partial charge is 0.323 e. The van der Waals surface area contributed by atoms with Crippen molar-refractivity contribution in [3.05, 3.63) is 0 Å². The Morgan fingerprint density at radius 2 is 2.00 bits per heavy atom. The molecule has 0 bridgehead atoms. The highest BCUT2D eigenvalue weighted by Crippen LogP contribution is 2.22. The van der Waals surface area contributed by atoms with Crippen molar-refractivity contribution in [1.29, 1.82) is 0 Å². The topological polar surface area (TPSA) is 52.6 Å². The van der Waals surface area contributed by atoms with E-state index in [1.165, 1.54) is 0 Å². The molecule has 1 aliphatic rings. The summed E-state index contributed by atoms with van der Waals surface area (Å²) < 4.78 is 0. The fraction of sp³-hybridized carbons (Fsp3) is 0.917. The molecule has 1 heterocycles. The average molecular weight is 228 g/mol. The summed E-state index contributed by atoms with van der Waals surface area (Å²) in [7, 11) is 0. The van der Waals surface area contributed by atoms with E-state index in [0.717, 1.165) is 26.2 Å². The normalized spacial score (nSPS) is 21.2. The molecule has 4 heteroatoms. The van der Waals surface area contributed by atoms with Gasteiger partial charge < -0.3 is 15.3 Å². The van der Waals surface area contributed by atoms with E-state index in [0.29, 0.717) is 18.8 Å². The minimum Gasteiger partial charge on any atom is -0.480 e. The van der Waals surface area contributed by atoms with Crippen molar-refractivity contribution in [2.45, 2.75) is 39.2 Å². The minimum atomic E-state index is -0.691. The molecule has 0 aliphatic carbocycles. The Kier molecular flexibility index (Phi) is 4.74. The number of rotatable bonds is 5. The predicted molar refractivity (Wildman–Crippen MR) is 64.6 cm³/mol. The average Bonchev–Trinajstić information content (AvgIpc) is 2.26. The van der Waals surface area contributed by atoms with Gasteiger partial charge in [-0.15, -0.1) is 0 Å². The van der Waals surface area contributed by atoms with Crippen LogP contribution in [0, 0.1) is 5.92 Å². The van der Waals surface area contributed by atoms with E-state index < -0.39 is 11.5 Å². The standard InChI is InChI=1S/C12H24N2O2/c1-4-14-7-5-12(6-8-14,11(15)16)13-9-10(2)3/h10,13H,4-9H2,1-3H3,(H,15,16). The molecule has 94 valence electrons. The molecule has 0 aromatic heterocycles. The maximum Gasteiger partial charge on any atom is 0.323 e. The molecular weight excluding hydrogens is 204 g/mol. The Hall–Kier alpha value is -0.610. The molecule has 0 spiro atoms. The van der Waals surface area contributed by atoms with Gasteiger partial charge in [0.25, 0.3) is 0 Å². The summed E-state index contributed by atoms with van der Waals surface area (Å²) in [5, 5.41) is 12.6. The Labute approximate surface area is 98.0 Å². The molecule has 1 rings (SSSR count). The number of hydrogen-bond donors (Lipinski definition) is 2. The molecule has 0 aromatic carbocycles. The summed E-state index contributed by atoms with van der Waals surface area (Å²) in [6, 6.07) is 0. The van der Waals surface area contributed by atoms with Gasteiger partial charge in [0.15, 0.2) is 0 Å². The first-order chi connectivity index (χ1) is 7.50. The molecule has 0 atom stereocenters. The van der Waals surface area contributed by atoms with Crippen LogP contribution in [-0.2, 0) is 4.79 Å². The highest BCUT2D eigenvalue weighted by Gasteiger charge is 2.40. The lowest BCUT2D eigenvalue weighted by molar-refractivity contribution is -0.147. The summed E-state index contributed by atoms with van der Waals surface area (Å²) in [6.45, 7) is 9.88. The molecule has 4 nitrogen and oxygen atoms in total. The molecule has 0 aromatic rings. The quantitative estimate of drug-likeness (QED) is 0.741. The molecule has 16 heavy (non-hydrogen) atoms. The van der Waals surface area contributed by atoms with Crippen LogP contribution in [0.2, 0.25) is 0 Å². The van der Waals surface area contributed by atoms with Crippen molar-refractivity contribution in [3.8, 4) is 0 Å². The zero-order valence-electron chi connectivity index (χ0n) is 10.6. The Morgan fingerprint density at radius 3 is 2.38 bits per heavy atom. The maximum absolute atomic E-state index is 11.4. The second-order valence-corrected chi connectivity index (χ2v) is 5.10. The molecule has 1 fully saturated rings. The second kappa shape index (κ2) is 5.64. The summed E-state index contributed by atoms with van der Waals surface area (Å²) in [5.74, 6) is -0.204. The minimum absolute atomic E-state index is 0.487. The number of carbonyl (C=O) groups is 1. The fourth-order valence-corrected chi connectivity index (χ4v) is 2.12. The number of likely N-dealkylation sites (tertiary alicyclic amines) is 1. The van der Waals surface area contributed by atoms with Crippen molar-refractivity contribution in [2.24, 2.45) is 5.92 Å². The van der Waals surface area contributed by atoms with Gasteiger partial charge in [-0.25, -0.2) is 0 Å². The molecule has 1 saturated heterocycles. The third-order valence-corrected chi connectivity index (χ3v) is 3.41. The van der Waals surface area contributed by atoms with E-state index in [9.17, 15) is 9.90 Å². The highest BCUT2D eigenvalue weighted by molar-refractivity contribution is 5.79. The third-order valence-electron chi connectivity index (χ3n) is 3.41. The van der Waals surface area contributed by atoms with Gasteiger partial charge in [-0.3, -0.25) is 4.79 Å². The number of hydrogen-bond acceptors (Lipinski definition) is 3.